The molecule has 138 valence electrons. The van der Waals surface area contributed by atoms with Crippen molar-refractivity contribution in [1.29, 1.82) is 0 Å². The minimum absolute atomic E-state index is 0.00933. The van der Waals surface area contributed by atoms with Gasteiger partial charge in [-0.25, -0.2) is 8.78 Å². The second-order valence-electron chi connectivity index (χ2n) is 6.14. The predicted molar refractivity (Wildman–Crippen MR) is 91.6 cm³/mol. The highest BCUT2D eigenvalue weighted by molar-refractivity contribution is 8.00. The zero-order chi connectivity index (χ0) is 18.4. The van der Waals surface area contributed by atoms with Gasteiger partial charge in [0.2, 0.25) is 5.91 Å². The van der Waals surface area contributed by atoms with E-state index in [2.05, 4.69) is 0 Å². The first kappa shape index (κ1) is 19.7. The van der Waals surface area contributed by atoms with E-state index >= 15 is 0 Å². The molecule has 1 atom stereocenters. The molecule has 1 aromatic carbocycles. The van der Waals surface area contributed by atoms with Gasteiger partial charge in [0.1, 0.15) is 0 Å². The Morgan fingerprint density at radius 2 is 2.04 bits per heavy atom. The van der Waals surface area contributed by atoms with E-state index in [1.165, 1.54) is 17.8 Å². The lowest BCUT2D eigenvalue weighted by Crippen LogP contribution is -2.37. The van der Waals surface area contributed by atoms with Crippen LogP contribution in [0.2, 0.25) is 0 Å². The van der Waals surface area contributed by atoms with E-state index in [4.69, 9.17) is 5.11 Å². The summed E-state index contributed by atoms with van der Waals surface area (Å²) >= 11 is 1.18. The molecule has 1 aliphatic heterocycles. The number of carboxylic acid groups (broad SMARTS) is 1. The average molecular weight is 372 g/mol. The Bertz CT molecular complexity index is 630. The Kier molecular flexibility index (Phi) is 7.19. The van der Waals surface area contributed by atoms with Crippen LogP contribution in [0.5, 0.6) is 0 Å². The van der Waals surface area contributed by atoms with E-state index in [9.17, 15) is 18.4 Å². The van der Waals surface area contributed by atoms with Gasteiger partial charge in [0.05, 0.1) is 12.3 Å². The first-order chi connectivity index (χ1) is 11.9. The van der Waals surface area contributed by atoms with Gasteiger partial charge in [0, 0.05) is 24.0 Å². The van der Waals surface area contributed by atoms with Gasteiger partial charge >= 0.3 is 5.97 Å². The number of benzene rings is 1. The van der Waals surface area contributed by atoms with Crippen molar-refractivity contribution < 1.29 is 23.5 Å². The monoisotopic (exact) mass is 372 g/mol. The molecule has 1 aliphatic rings. The lowest BCUT2D eigenvalue weighted by molar-refractivity contribution is -0.138. The zero-order valence-corrected chi connectivity index (χ0v) is 14.9. The smallest absolute Gasteiger partial charge is 0.317 e. The topological polar surface area (TPSA) is 60.9 Å². The Labute approximate surface area is 150 Å². The summed E-state index contributed by atoms with van der Waals surface area (Å²) in [4.78, 5) is 27.3. The van der Waals surface area contributed by atoms with Crippen LogP contribution >= 0.6 is 11.8 Å². The van der Waals surface area contributed by atoms with Crippen LogP contribution in [-0.4, -0.2) is 65.3 Å². The largest absolute Gasteiger partial charge is 0.480 e. The van der Waals surface area contributed by atoms with E-state index in [0.29, 0.717) is 18.0 Å². The SMILES string of the molecule is CN(CC(=O)O)C1CCCN(C(=O)CSc2ccc(F)c(F)c2)CC1. The third-order valence-corrected chi connectivity index (χ3v) is 5.29. The number of carbonyl (C=O) groups excluding carboxylic acids is 1. The number of aliphatic carboxylic acids is 1. The molecule has 0 aromatic heterocycles. The predicted octanol–water partition coefficient (Wildman–Crippen LogP) is 2.45. The molecule has 25 heavy (non-hydrogen) atoms. The normalized spacial score (nSPS) is 18.2. The van der Waals surface area contributed by atoms with Crippen LogP contribution in [0.4, 0.5) is 8.78 Å². The fourth-order valence-electron chi connectivity index (χ4n) is 2.91. The number of likely N-dealkylation sites (tertiary alicyclic amines) is 1. The van der Waals surface area contributed by atoms with Gasteiger partial charge < -0.3 is 10.0 Å². The van der Waals surface area contributed by atoms with Crippen molar-refractivity contribution in [3.63, 3.8) is 0 Å². The van der Waals surface area contributed by atoms with Crippen LogP contribution < -0.4 is 0 Å². The van der Waals surface area contributed by atoms with Crippen molar-refractivity contribution in [2.75, 3.05) is 32.4 Å². The molecule has 0 aliphatic carbocycles. The number of nitrogens with zero attached hydrogens (tertiary/aromatic N) is 2. The molecule has 1 N–H and O–H groups in total. The molecule has 1 aromatic rings. The molecule has 0 radical (unpaired) electrons. The summed E-state index contributed by atoms with van der Waals surface area (Å²) in [6.45, 7) is 1.20. The second kappa shape index (κ2) is 9.15. The fraction of sp³-hybridized carbons (Fsp3) is 0.529. The Balaban J connectivity index is 1.83. The zero-order valence-electron chi connectivity index (χ0n) is 14.1. The van der Waals surface area contributed by atoms with E-state index in [1.54, 1.807) is 11.9 Å². The van der Waals surface area contributed by atoms with Crippen molar-refractivity contribution in [3.05, 3.63) is 29.8 Å². The molecular weight excluding hydrogens is 350 g/mol. The van der Waals surface area contributed by atoms with Crippen molar-refractivity contribution in [2.45, 2.75) is 30.2 Å². The summed E-state index contributed by atoms with van der Waals surface area (Å²) in [6, 6.07) is 3.74. The summed E-state index contributed by atoms with van der Waals surface area (Å²) in [5.41, 5.74) is 0. The molecule has 5 nitrogen and oxygen atoms in total. The third kappa shape index (κ3) is 5.97. The summed E-state index contributed by atoms with van der Waals surface area (Å²) in [6.07, 6.45) is 2.39. The number of hydrogen-bond donors (Lipinski definition) is 1. The Morgan fingerprint density at radius 3 is 2.72 bits per heavy atom. The first-order valence-corrected chi connectivity index (χ1v) is 9.13. The number of likely N-dealkylation sites (N-methyl/N-ethyl adjacent to an activating group) is 1. The van der Waals surface area contributed by atoms with Crippen molar-refractivity contribution in [3.8, 4) is 0 Å². The summed E-state index contributed by atoms with van der Waals surface area (Å²) in [5.74, 6) is -2.56. The van der Waals surface area contributed by atoms with Crippen LogP contribution in [0.15, 0.2) is 23.1 Å². The van der Waals surface area contributed by atoms with Crippen molar-refractivity contribution >= 4 is 23.6 Å². The maximum atomic E-state index is 13.2. The van der Waals surface area contributed by atoms with Crippen LogP contribution in [0.3, 0.4) is 0 Å². The van der Waals surface area contributed by atoms with Gasteiger partial charge in [0.15, 0.2) is 11.6 Å². The summed E-state index contributed by atoms with van der Waals surface area (Å²) in [7, 11) is 1.79. The number of amides is 1. The van der Waals surface area contributed by atoms with Crippen LogP contribution in [0.25, 0.3) is 0 Å². The number of thioether (sulfide) groups is 1. The van der Waals surface area contributed by atoms with E-state index in [1.807, 2.05) is 4.90 Å². The van der Waals surface area contributed by atoms with Gasteiger partial charge in [-0.15, -0.1) is 11.8 Å². The third-order valence-electron chi connectivity index (χ3n) is 4.31. The second-order valence-corrected chi connectivity index (χ2v) is 7.19. The quantitative estimate of drug-likeness (QED) is 0.778. The van der Waals surface area contributed by atoms with Crippen molar-refractivity contribution in [1.82, 2.24) is 9.80 Å². The molecule has 1 saturated heterocycles. The molecule has 1 heterocycles. The molecule has 1 unspecified atom stereocenters. The number of hydrogen-bond acceptors (Lipinski definition) is 4. The highest BCUT2D eigenvalue weighted by Gasteiger charge is 2.24. The van der Waals surface area contributed by atoms with Crippen molar-refractivity contribution in [2.24, 2.45) is 0 Å². The minimum atomic E-state index is -0.920. The average Bonchev–Trinajstić information content (AvgIpc) is 2.81. The molecule has 0 bridgehead atoms. The maximum absolute atomic E-state index is 13.2. The van der Waals surface area contributed by atoms with Gasteiger partial charge in [-0.05, 0) is 44.5 Å². The maximum Gasteiger partial charge on any atom is 0.317 e. The standard InChI is InChI=1S/C17H22F2N2O3S/c1-20(10-17(23)24)12-3-2-7-21(8-6-12)16(22)11-25-13-4-5-14(18)15(19)9-13/h4-5,9,12H,2-3,6-8,10-11H2,1H3,(H,23,24). The molecule has 1 amide bonds. The minimum Gasteiger partial charge on any atom is -0.480 e. The Hall–Kier alpha value is -1.67. The molecule has 1 fully saturated rings. The Morgan fingerprint density at radius 1 is 1.28 bits per heavy atom. The van der Waals surface area contributed by atoms with Gasteiger partial charge in [-0.2, -0.15) is 0 Å². The van der Waals surface area contributed by atoms with Crippen LogP contribution in [-0.2, 0) is 9.59 Å². The lowest BCUT2D eigenvalue weighted by Gasteiger charge is -2.25. The molecule has 0 saturated carbocycles. The number of carboxylic acids is 1. The fourth-order valence-corrected chi connectivity index (χ4v) is 3.74. The highest BCUT2D eigenvalue weighted by Crippen LogP contribution is 2.22. The molecule has 8 heteroatoms. The van der Waals surface area contributed by atoms with Gasteiger partial charge in [0.25, 0.3) is 0 Å². The summed E-state index contributed by atoms with van der Waals surface area (Å²) in [5, 5.41) is 8.88. The van der Waals surface area contributed by atoms with E-state index < -0.39 is 17.6 Å². The van der Waals surface area contributed by atoms with Gasteiger partial charge in [-0.1, -0.05) is 0 Å². The first-order valence-electron chi connectivity index (χ1n) is 8.14. The molecule has 2 rings (SSSR count). The van der Waals surface area contributed by atoms with Crippen LogP contribution in [0, 0.1) is 11.6 Å². The van der Waals surface area contributed by atoms with Crippen LogP contribution in [0.1, 0.15) is 19.3 Å². The van der Waals surface area contributed by atoms with Gasteiger partial charge in [-0.3, -0.25) is 14.5 Å². The molecular formula is C17H22F2N2O3S. The van der Waals surface area contributed by atoms with E-state index in [0.717, 1.165) is 31.4 Å². The van der Waals surface area contributed by atoms with E-state index in [-0.39, 0.29) is 24.2 Å². The number of halogens is 2. The lowest BCUT2D eigenvalue weighted by atomic mass is 10.1. The summed E-state index contributed by atoms with van der Waals surface area (Å²) < 4.78 is 26.1. The highest BCUT2D eigenvalue weighted by atomic mass is 32.2. The number of carbonyl (C=O) groups is 2. The molecule has 0 spiro atoms. The number of rotatable bonds is 6.